The van der Waals surface area contributed by atoms with Crippen molar-refractivity contribution in [2.75, 3.05) is 19.0 Å². The predicted molar refractivity (Wildman–Crippen MR) is 115 cm³/mol. The number of carbonyl (C=O) groups is 5. The number of carboxylic acids is 1. The van der Waals surface area contributed by atoms with Crippen LogP contribution in [0.15, 0.2) is 33.9 Å². The highest BCUT2D eigenvalue weighted by atomic mass is 32.2. The van der Waals surface area contributed by atoms with Gasteiger partial charge in [0.05, 0.1) is 11.5 Å². The highest BCUT2D eigenvalue weighted by molar-refractivity contribution is 8.00. The molecular formula is C19H19N3O9S2. The van der Waals surface area contributed by atoms with Crippen LogP contribution in [0, 0.1) is 0 Å². The number of carbonyl (C=O) groups excluding carboxylic acids is 4. The largest absolute Gasteiger partial charge is 0.535 e. The number of aliphatic carboxylic acids is 1. The van der Waals surface area contributed by atoms with Gasteiger partial charge in [0.1, 0.15) is 23.7 Å². The predicted octanol–water partition coefficient (Wildman–Crippen LogP) is 0.927. The quantitative estimate of drug-likeness (QED) is 0.174. The topological polar surface area (TPSA) is 161 Å². The Morgan fingerprint density at radius 1 is 1.30 bits per heavy atom. The molecule has 176 valence electrons. The van der Waals surface area contributed by atoms with E-state index in [4.69, 9.17) is 4.74 Å². The molecule has 3 rings (SSSR count). The minimum absolute atomic E-state index is 0.0546. The van der Waals surface area contributed by atoms with E-state index >= 15 is 0 Å². The molecule has 14 heteroatoms. The van der Waals surface area contributed by atoms with Gasteiger partial charge in [0.15, 0.2) is 5.71 Å². The summed E-state index contributed by atoms with van der Waals surface area (Å²) in [6, 6.07) is 2.21. The molecule has 12 nitrogen and oxygen atoms in total. The fraction of sp³-hybridized carbons (Fsp3) is 0.368. The molecule has 0 bridgehead atoms. The van der Waals surface area contributed by atoms with E-state index in [1.807, 2.05) is 0 Å². The summed E-state index contributed by atoms with van der Waals surface area (Å²) in [5, 5.41) is 16.7. The van der Waals surface area contributed by atoms with E-state index in [0.29, 0.717) is 4.88 Å². The number of carboxylic acid groups (broad SMARTS) is 1. The first kappa shape index (κ1) is 24.3. The average Bonchev–Trinajstić information content (AvgIpc) is 3.29. The number of nitrogens with one attached hydrogen (secondary N) is 1. The Morgan fingerprint density at radius 2 is 2.06 bits per heavy atom. The molecule has 2 aliphatic heterocycles. The number of hydrogen-bond donors (Lipinski definition) is 2. The Kier molecular flexibility index (Phi) is 7.71. The van der Waals surface area contributed by atoms with Crippen LogP contribution in [-0.2, 0) is 33.5 Å². The highest BCUT2D eigenvalue weighted by Gasteiger charge is 2.54. The van der Waals surface area contributed by atoms with Crippen LogP contribution in [-0.4, -0.2) is 76.0 Å². The van der Waals surface area contributed by atoms with E-state index in [1.54, 1.807) is 24.4 Å². The Balaban J connectivity index is 1.76. The van der Waals surface area contributed by atoms with E-state index in [2.05, 4.69) is 20.0 Å². The Hall–Kier alpha value is -3.39. The third-order valence-corrected chi connectivity index (χ3v) is 6.65. The van der Waals surface area contributed by atoms with Crippen LogP contribution >= 0.6 is 23.1 Å². The SMILES string of the molecule is CCOC(=O)O/N=C(/C(=O)N[C@@H]1C(=O)N2C(C(=O)O)=C(COC(C)=O)CS[C@H]12)c1cccs1. The van der Waals surface area contributed by atoms with Crippen molar-refractivity contribution in [2.45, 2.75) is 25.3 Å². The summed E-state index contributed by atoms with van der Waals surface area (Å²) < 4.78 is 9.50. The van der Waals surface area contributed by atoms with Crippen molar-refractivity contribution in [3.05, 3.63) is 33.7 Å². The number of hydrogen-bond acceptors (Lipinski definition) is 11. The minimum atomic E-state index is -1.34. The van der Waals surface area contributed by atoms with Gasteiger partial charge >= 0.3 is 18.1 Å². The number of ether oxygens (including phenoxy) is 2. The van der Waals surface area contributed by atoms with Crippen LogP contribution in [0.5, 0.6) is 0 Å². The van der Waals surface area contributed by atoms with Crippen LogP contribution < -0.4 is 5.32 Å². The number of nitrogens with zero attached hydrogens (tertiary/aromatic N) is 2. The zero-order valence-electron chi connectivity index (χ0n) is 17.4. The molecule has 0 aliphatic carbocycles. The van der Waals surface area contributed by atoms with Crippen molar-refractivity contribution in [2.24, 2.45) is 5.16 Å². The van der Waals surface area contributed by atoms with Gasteiger partial charge in [0.2, 0.25) is 0 Å². The highest BCUT2D eigenvalue weighted by Crippen LogP contribution is 2.40. The lowest BCUT2D eigenvalue weighted by molar-refractivity contribution is -0.150. The summed E-state index contributed by atoms with van der Waals surface area (Å²) in [6.07, 6.45) is -1.09. The number of rotatable bonds is 8. The maximum absolute atomic E-state index is 12.9. The maximum atomic E-state index is 12.9. The molecule has 0 radical (unpaired) electrons. The van der Waals surface area contributed by atoms with Gasteiger partial charge in [0, 0.05) is 18.2 Å². The molecular weight excluding hydrogens is 478 g/mol. The lowest BCUT2D eigenvalue weighted by Gasteiger charge is -2.49. The van der Waals surface area contributed by atoms with Crippen molar-refractivity contribution in [3.63, 3.8) is 0 Å². The van der Waals surface area contributed by atoms with Crippen LogP contribution in [0.4, 0.5) is 4.79 Å². The lowest BCUT2D eigenvalue weighted by atomic mass is 10.0. The average molecular weight is 498 g/mol. The molecule has 2 atom stereocenters. The molecule has 0 saturated carbocycles. The molecule has 2 amide bonds. The molecule has 1 fully saturated rings. The van der Waals surface area contributed by atoms with E-state index in [-0.39, 0.29) is 35.9 Å². The van der Waals surface area contributed by atoms with Gasteiger partial charge in [-0.05, 0) is 18.4 Å². The van der Waals surface area contributed by atoms with Crippen LogP contribution in [0.2, 0.25) is 0 Å². The van der Waals surface area contributed by atoms with Crippen LogP contribution in [0.1, 0.15) is 18.7 Å². The molecule has 1 saturated heterocycles. The first-order chi connectivity index (χ1) is 15.7. The summed E-state index contributed by atoms with van der Waals surface area (Å²) in [5.74, 6) is -3.16. The van der Waals surface area contributed by atoms with Gasteiger partial charge in [-0.25, -0.2) is 9.59 Å². The first-order valence-corrected chi connectivity index (χ1v) is 11.5. The third kappa shape index (κ3) is 5.34. The number of thioether (sulfide) groups is 1. The number of thiophene rings is 1. The normalized spacial score (nSPS) is 19.9. The summed E-state index contributed by atoms with van der Waals surface area (Å²) in [5.41, 5.74) is -0.233. The van der Waals surface area contributed by atoms with Gasteiger partial charge in [0.25, 0.3) is 11.8 Å². The van der Waals surface area contributed by atoms with Gasteiger partial charge in [-0.3, -0.25) is 24.1 Å². The molecule has 1 aromatic heterocycles. The molecule has 0 aromatic carbocycles. The van der Waals surface area contributed by atoms with Crippen LogP contribution in [0.3, 0.4) is 0 Å². The summed E-state index contributed by atoms with van der Waals surface area (Å²) in [6.45, 7) is 2.57. The van der Waals surface area contributed by atoms with Crippen LogP contribution in [0.25, 0.3) is 0 Å². The zero-order valence-corrected chi connectivity index (χ0v) is 19.1. The van der Waals surface area contributed by atoms with E-state index in [1.165, 1.54) is 18.7 Å². The summed E-state index contributed by atoms with van der Waals surface area (Å²) in [4.78, 5) is 66.0. The second-order valence-corrected chi connectivity index (χ2v) is 8.64. The van der Waals surface area contributed by atoms with Crippen molar-refractivity contribution in [1.82, 2.24) is 10.2 Å². The summed E-state index contributed by atoms with van der Waals surface area (Å²) in [7, 11) is 0. The first-order valence-electron chi connectivity index (χ1n) is 9.54. The van der Waals surface area contributed by atoms with E-state index < -0.39 is 41.3 Å². The monoisotopic (exact) mass is 497 g/mol. The molecule has 3 heterocycles. The standard InChI is InChI=1S/C19H19N3O9S2/c1-3-29-19(28)31-21-12(11-5-4-6-32-11)15(24)20-13-16(25)22-14(18(26)27)10(7-30-9(2)23)8-33-17(13)22/h4-6,13,17H,3,7-8H2,1-2H3,(H,20,24)(H,26,27)/b21-12+/t13-,17-/m1/s1. The minimum Gasteiger partial charge on any atom is -0.477 e. The van der Waals surface area contributed by atoms with E-state index in [0.717, 1.165) is 16.2 Å². The molecule has 2 aliphatic rings. The molecule has 33 heavy (non-hydrogen) atoms. The molecule has 0 unspecified atom stereocenters. The van der Waals surface area contributed by atoms with Gasteiger partial charge < -0.3 is 19.9 Å². The Labute approximate surface area is 195 Å². The Bertz CT molecular complexity index is 1040. The second kappa shape index (κ2) is 10.5. The number of oxime groups is 1. The Morgan fingerprint density at radius 3 is 2.67 bits per heavy atom. The molecule has 0 spiro atoms. The van der Waals surface area contributed by atoms with E-state index in [9.17, 15) is 29.1 Å². The number of esters is 1. The fourth-order valence-electron chi connectivity index (χ4n) is 3.03. The van der Waals surface area contributed by atoms with Crippen molar-refractivity contribution >= 4 is 58.7 Å². The second-order valence-electron chi connectivity index (χ2n) is 6.59. The molecule has 2 N–H and O–H groups in total. The fourth-order valence-corrected chi connectivity index (χ4v) is 5.06. The van der Waals surface area contributed by atoms with Crippen molar-refractivity contribution in [1.29, 1.82) is 0 Å². The molecule has 1 aromatic rings. The summed E-state index contributed by atoms with van der Waals surface area (Å²) >= 11 is 2.38. The van der Waals surface area contributed by atoms with Crippen molar-refractivity contribution < 1.29 is 43.4 Å². The van der Waals surface area contributed by atoms with Crippen molar-refractivity contribution in [3.8, 4) is 0 Å². The van der Waals surface area contributed by atoms with Gasteiger partial charge in [-0.1, -0.05) is 11.2 Å². The third-order valence-electron chi connectivity index (χ3n) is 4.43. The zero-order chi connectivity index (χ0) is 24.1. The number of β-lactam (4-membered cyclic amide) rings is 1. The maximum Gasteiger partial charge on any atom is 0.535 e. The lowest BCUT2D eigenvalue weighted by Crippen LogP contribution is -2.71. The smallest absolute Gasteiger partial charge is 0.477 e. The number of amides is 2. The number of fused-ring (bicyclic) bond motifs is 1. The van der Waals surface area contributed by atoms with Gasteiger partial charge in [-0.2, -0.15) is 0 Å². The van der Waals surface area contributed by atoms with Gasteiger partial charge in [-0.15, -0.1) is 23.1 Å².